The van der Waals surface area contributed by atoms with E-state index in [1.807, 2.05) is 6.07 Å². The van der Waals surface area contributed by atoms with Crippen molar-refractivity contribution in [1.29, 1.82) is 0 Å². The first-order valence-corrected chi connectivity index (χ1v) is 6.21. The van der Waals surface area contributed by atoms with Crippen LogP contribution in [0.2, 0.25) is 0 Å². The summed E-state index contributed by atoms with van der Waals surface area (Å²) in [4.78, 5) is 15.4. The predicted molar refractivity (Wildman–Crippen MR) is 64.2 cm³/mol. The fraction of sp³-hybridized carbons (Fsp3) is 0.500. The van der Waals surface area contributed by atoms with Crippen LogP contribution in [0.25, 0.3) is 0 Å². The van der Waals surface area contributed by atoms with Gasteiger partial charge in [0.2, 0.25) is 0 Å². The van der Waals surface area contributed by atoms with Crippen LogP contribution >= 0.6 is 15.9 Å². The van der Waals surface area contributed by atoms with Crippen LogP contribution in [-0.2, 0) is 4.79 Å². The van der Waals surface area contributed by atoms with Gasteiger partial charge < -0.3 is 5.11 Å². The number of hydrogen-bond donors (Lipinski definition) is 1. The summed E-state index contributed by atoms with van der Waals surface area (Å²) in [6, 6.07) is 3.63. The van der Waals surface area contributed by atoms with Crippen molar-refractivity contribution in [3.8, 4) is 0 Å². The van der Waals surface area contributed by atoms with Crippen LogP contribution in [0, 0.1) is 11.8 Å². The summed E-state index contributed by atoms with van der Waals surface area (Å²) in [5.74, 6) is 0.0146. The van der Waals surface area contributed by atoms with E-state index in [0.29, 0.717) is 24.0 Å². The number of nitrogens with zero attached hydrogens (tertiary/aromatic N) is 1. The Morgan fingerprint density at radius 3 is 2.81 bits per heavy atom. The fourth-order valence-electron chi connectivity index (χ4n) is 1.97. The van der Waals surface area contributed by atoms with Crippen LogP contribution < -0.4 is 0 Å². The number of carboxylic acid groups (broad SMARTS) is 1. The molecule has 0 aliphatic heterocycles. The maximum Gasteiger partial charge on any atom is 0.312 e. The Bertz CT molecular complexity index is 391. The normalized spacial score (nSPS) is 25.1. The molecule has 1 unspecified atom stereocenters. The first-order valence-electron chi connectivity index (χ1n) is 5.42. The molecule has 3 nitrogen and oxygen atoms in total. The molecular weight excluding hydrogens is 270 g/mol. The van der Waals surface area contributed by atoms with Crippen molar-refractivity contribution in [3.05, 3.63) is 28.5 Å². The van der Waals surface area contributed by atoms with E-state index in [1.54, 1.807) is 12.3 Å². The van der Waals surface area contributed by atoms with Gasteiger partial charge in [0, 0.05) is 10.7 Å². The molecule has 0 spiro atoms. The van der Waals surface area contributed by atoms with Crippen molar-refractivity contribution < 1.29 is 9.90 Å². The van der Waals surface area contributed by atoms with Gasteiger partial charge in [0.25, 0.3) is 0 Å². The van der Waals surface area contributed by atoms with Gasteiger partial charge >= 0.3 is 5.97 Å². The van der Waals surface area contributed by atoms with E-state index < -0.39 is 11.9 Å². The van der Waals surface area contributed by atoms with Crippen molar-refractivity contribution in [1.82, 2.24) is 4.98 Å². The first-order chi connectivity index (χ1) is 7.58. The highest BCUT2D eigenvalue weighted by atomic mass is 79.9. The van der Waals surface area contributed by atoms with Gasteiger partial charge in [-0.3, -0.25) is 9.78 Å². The maximum absolute atomic E-state index is 11.2. The number of halogens is 1. The Balaban J connectivity index is 2.12. The van der Waals surface area contributed by atoms with Crippen LogP contribution in [0.15, 0.2) is 22.8 Å². The second-order valence-corrected chi connectivity index (χ2v) is 5.42. The quantitative estimate of drug-likeness (QED) is 0.924. The summed E-state index contributed by atoms with van der Waals surface area (Å²) in [6.07, 6.45) is 3.52. The highest BCUT2D eigenvalue weighted by molar-refractivity contribution is 9.10. The van der Waals surface area contributed by atoms with Crippen LogP contribution in [0.1, 0.15) is 31.4 Å². The second-order valence-electron chi connectivity index (χ2n) is 4.50. The molecule has 0 bridgehead atoms. The lowest BCUT2D eigenvalue weighted by Gasteiger charge is -2.11. The number of carbonyl (C=O) groups is 1. The summed E-state index contributed by atoms with van der Waals surface area (Å²) in [7, 11) is 0. The Morgan fingerprint density at radius 2 is 2.38 bits per heavy atom. The third-order valence-electron chi connectivity index (χ3n) is 3.22. The molecule has 1 aromatic rings. The zero-order chi connectivity index (χ0) is 11.7. The number of rotatable bonds is 4. The molecule has 0 saturated heterocycles. The smallest absolute Gasteiger partial charge is 0.312 e. The number of aliphatic carboxylic acids is 1. The van der Waals surface area contributed by atoms with E-state index in [0.717, 1.165) is 10.9 Å². The molecule has 86 valence electrons. The molecule has 1 fully saturated rings. The topological polar surface area (TPSA) is 50.2 Å². The number of hydrogen-bond acceptors (Lipinski definition) is 2. The zero-order valence-corrected chi connectivity index (χ0v) is 10.6. The minimum absolute atomic E-state index is 0.456. The van der Waals surface area contributed by atoms with Crippen molar-refractivity contribution in [3.63, 3.8) is 0 Å². The molecule has 16 heavy (non-hydrogen) atoms. The van der Waals surface area contributed by atoms with Crippen molar-refractivity contribution in [2.75, 3.05) is 0 Å². The minimum atomic E-state index is -0.770. The van der Waals surface area contributed by atoms with E-state index in [1.165, 1.54) is 0 Å². The highest BCUT2D eigenvalue weighted by Gasteiger charge is 2.37. The van der Waals surface area contributed by atoms with Gasteiger partial charge in [0.05, 0.1) is 11.6 Å². The van der Waals surface area contributed by atoms with Crippen molar-refractivity contribution in [2.45, 2.75) is 25.7 Å². The highest BCUT2D eigenvalue weighted by Crippen LogP contribution is 2.44. The molecule has 1 aliphatic rings. The summed E-state index contributed by atoms with van der Waals surface area (Å²) in [5.41, 5.74) is 0.662. The van der Waals surface area contributed by atoms with Crippen LogP contribution in [-0.4, -0.2) is 16.1 Å². The number of pyridine rings is 1. The SMILES string of the molecule is C[C@@H]1C[C@H]1CC(C(=O)O)c1ccc(Br)cn1. The van der Waals surface area contributed by atoms with E-state index in [4.69, 9.17) is 0 Å². The Hall–Kier alpha value is -0.900. The molecule has 0 aromatic carbocycles. The van der Waals surface area contributed by atoms with Crippen LogP contribution in [0.4, 0.5) is 0 Å². The van der Waals surface area contributed by atoms with Gasteiger partial charge in [-0.1, -0.05) is 6.92 Å². The minimum Gasteiger partial charge on any atom is -0.481 e. The molecule has 1 aromatic heterocycles. The average Bonchev–Trinajstić information content (AvgIpc) is 2.92. The van der Waals surface area contributed by atoms with Gasteiger partial charge in [-0.2, -0.15) is 0 Å². The predicted octanol–water partition coefficient (Wildman–Crippen LogP) is 3.06. The zero-order valence-electron chi connectivity index (χ0n) is 9.06. The molecule has 3 atom stereocenters. The second kappa shape index (κ2) is 4.53. The van der Waals surface area contributed by atoms with Crippen molar-refractivity contribution >= 4 is 21.9 Å². The molecule has 4 heteroatoms. The lowest BCUT2D eigenvalue weighted by molar-refractivity contribution is -0.139. The average molecular weight is 284 g/mol. The lowest BCUT2D eigenvalue weighted by atomic mass is 9.97. The summed E-state index contributed by atoms with van der Waals surface area (Å²) >= 11 is 3.29. The molecule has 1 aliphatic carbocycles. The summed E-state index contributed by atoms with van der Waals surface area (Å²) in [5, 5.41) is 9.21. The van der Waals surface area contributed by atoms with E-state index in [-0.39, 0.29) is 0 Å². The van der Waals surface area contributed by atoms with Gasteiger partial charge in [0.1, 0.15) is 0 Å². The molecule has 1 saturated carbocycles. The Kier molecular flexibility index (Phi) is 3.28. The lowest BCUT2D eigenvalue weighted by Crippen LogP contribution is -2.14. The van der Waals surface area contributed by atoms with Gasteiger partial charge in [-0.25, -0.2) is 0 Å². The molecule has 2 rings (SSSR count). The van der Waals surface area contributed by atoms with Gasteiger partial charge in [-0.15, -0.1) is 0 Å². The third-order valence-corrected chi connectivity index (χ3v) is 3.69. The number of carboxylic acids is 1. The van der Waals surface area contributed by atoms with E-state index in [9.17, 15) is 9.90 Å². The monoisotopic (exact) mass is 283 g/mol. The van der Waals surface area contributed by atoms with Gasteiger partial charge in [-0.05, 0) is 52.7 Å². The maximum atomic E-state index is 11.2. The molecule has 1 heterocycles. The van der Waals surface area contributed by atoms with Crippen LogP contribution in [0.5, 0.6) is 0 Å². The fourth-order valence-corrected chi connectivity index (χ4v) is 2.21. The molecule has 1 N–H and O–H groups in total. The number of aromatic nitrogens is 1. The first kappa shape index (κ1) is 11.6. The summed E-state index contributed by atoms with van der Waals surface area (Å²) < 4.78 is 0.875. The summed E-state index contributed by atoms with van der Waals surface area (Å²) in [6.45, 7) is 2.17. The molecule has 0 radical (unpaired) electrons. The van der Waals surface area contributed by atoms with E-state index >= 15 is 0 Å². The molecule has 0 amide bonds. The third kappa shape index (κ3) is 2.61. The van der Waals surface area contributed by atoms with Crippen LogP contribution in [0.3, 0.4) is 0 Å². The Morgan fingerprint density at radius 1 is 1.69 bits per heavy atom. The molecular formula is C12H14BrNO2. The van der Waals surface area contributed by atoms with E-state index in [2.05, 4.69) is 27.8 Å². The van der Waals surface area contributed by atoms with Gasteiger partial charge in [0.15, 0.2) is 0 Å². The standard InChI is InChI=1S/C12H14BrNO2/c1-7-4-8(7)5-10(12(15)16)11-3-2-9(13)6-14-11/h2-3,6-8,10H,4-5H2,1H3,(H,15,16)/t7-,8+,10?/m1/s1. The van der Waals surface area contributed by atoms with Crippen molar-refractivity contribution in [2.24, 2.45) is 11.8 Å². The Labute approximate surface area is 103 Å². The largest absolute Gasteiger partial charge is 0.481 e.